The summed E-state index contributed by atoms with van der Waals surface area (Å²) in [6.45, 7) is 10.3. The predicted molar refractivity (Wildman–Crippen MR) is 77.6 cm³/mol. The Bertz CT molecular complexity index is 533. The fourth-order valence-electron chi connectivity index (χ4n) is 1.79. The second kappa shape index (κ2) is 6.39. The first-order valence-corrected chi connectivity index (χ1v) is 6.94. The smallest absolute Gasteiger partial charge is 0.231 e. The Morgan fingerprint density at radius 3 is 2.44 bits per heavy atom. The molecule has 0 fully saturated rings. The van der Waals surface area contributed by atoms with Crippen LogP contribution in [0, 0.1) is 12.8 Å². The van der Waals surface area contributed by atoms with Crippen LogP contribution in [0.25, 0.3) is 5.52 Å². The van der Waals surface area contributed by atoms with Crippen LogP contribution in [0.1, 0.15) is 39.0 Å². The van der Waals surface area contributed by atoms with Crippen LogP contribution in [0.4, 0.5) is 0 Å². The molecule has 100 valence electrons. The fourth-order valence-corrected chi connectivity index (χ4v) is 2.15. The summed E-state index contributed by atoms with van der Waals surface area (Å²) in [4.78, 5) is 3.95. The van der Waals surface area contributed by atoms with Crippen LogP contribution in [0.15, 0.2) is 6.20 Å². The fraction of sp³-hybridized carbons (Fsp3) is 0.538. The Hall–Kier alpha value is -0.800. The summed E-state index contributed by atoms with van der Waals surface area (Å²) >= 11 is 12.0. The van der Waals surface area contributed by atoms with E-state index in [9.17, 15) is 0 Å². The number of hydrogen-bond acceptors (Lipinski definition) is 2. The van der Waals surface area contributed by atoms with Crippen LogP contribution in [0.2, 0.25) is 10.3 Å². The minimum absolute atomic E-state index is 0.240. The van der Waals surface area contributed by atoms with E-state index in [1.807, 2.05) is 20.8 Å². The lowest BCUT2D eigenvalue weighted by molar-refractivity contribution is 0.618. The molecule has 0 aliphatic rings. The van der Waals surface area contributed by atoms with E-state index in [2.05, 4.69) is 23.9 Å². The largest absolute Gasteiger partial charge is 0.241 e. The van der Waals surface area contributed by atoms with Crippen molar-refractivity contribution < 1.29 is 0 Å². The van der Waals surface area contributed by atoms with E-state index in [0.717, 1.165) is 23.2 Å². The molecule has 0 unspecified atom stereocenters. The standard InChI is InChI=1S/C11H13Cl2N3.C2H6/c1-6(2)4-8-7(3)10(12)9-5-14-11(13)15-16(8)9;1-2/h5-6H,4H2,1-3H3;1-2H3. The summed E-state index contributed by atoms with van der Waals surface area (Å²) < 4.78 is 1.80. The molecule has 0 saturated carbocycles. The zero-order valence-electron chi connectivity index (χ0n) is 11.5. The van der Waals surface area contributed by atoms with Gasteiger partial charge in [-0.3, -0.25) is 0 Å². The molecule has 5 heteroatoms. The number of halogens is 2. The average molecular weight is 288 g/mol. The van der Waals surface area contributed by atoms with E-state index in [0.29, 0.717) is 10.9 Å². The zero-order chi connectivity index (χ0) is 13.9. The first-order valence-electron chi connectivity index (χ1n) is 6.19. The first kappa shape index (κ1) is 15.3. The number of fused-ring (bicyclic) bond motifs is 1. The van der Waals surface area contributed by atoms with Crippen molar-refractivity contribution in [3.8, 4) is 0 Å². The Morgan fingerprint density at radius 1 is 1.28 bits per heavy atom. The number of rotatable bonds is 2. The van der Waals surface area contributed by atoms with Crippen molar-refractivity contribution in [2.45, 2.75) is 41.0 Å². The van der Waals surface area contributed by atoms with Crippen LogP contribution >= 0.6 is 23.2 Å². The molecule has 2 rings (SSSR count). The lowest BCUT2D eigenvalue weighted by Gasteiger charge is -2.05. The van der Waals surface area contributed by atoms with Gasteiger partial charge >= 0.3 is 0 Å². The van der Waals surface area contributed by atoms with Crippen molar-refractivity contribution in [2.24, 2.45) is 5.92 Å². The first-order chi connectivity index (χ1) is 8.50. The summed E-state index contributed by atoms with van der Waals surface area (Å²) in [7, 11) is 0. The maximum Gasteiger partial charge on any atom is 0.241 e. The summed E-state index contributed by atoms with van der Waals surface area (Å²) in [6.07, 6.45) is 2.58. The van der Waals surface area contributed by atoms with Crippen LogP contribution in [0.3, 0.4) is 0 Å². The van der Waals surface area contributed by atoms with E-state index in [-0.39, 0.29) is 5.28 Å². The van der Waals surface area contributed by atoms with Crippen molar-refractivity contribution in [1.29, 1.82) is 0 Å². The Labute approximate surface area is 118 Å². The quantitative estimate of drug-likeness (QED) is 0.810. The predicted octanol–water partition coefficient (Wildman–Crippen LogP) is 4.57. The van der Waals surface area contributed by atoms with Crippen LogP contribution in [-0.2, 0) is 6.42 Å². The molecule has 0 spiro atoms. The van der Waals surface area contributed by atoms with Gasteiger partial charge in [-0.2, -0.15) is 0 Å². The van der Waals surface area contributed by atoms with Gasteiger partial charge in [0.2, 0.25) is 5.28 Å². The topological polar surface area (TPSA) is 30.2 Å². The van der Waals surface area contributed by atoms with Crippen molar-refractivity contribution in [2.75, 3.05) is 0 Å². The second-order valence-electron chi connectivity index (χ2n) is 4.31. The van der Waals surface area contributed by atoms with E-state index in [4.69, 9.17) is 23.2 Å². The second-order valence-corrected chi connectivity index (χ2v) is 5.02. The average Bonchev–Trinajstić information content (AvgIpc) is 2.56. The number of nitrogens with zero attached hydrogens (tertiary/aromatic N) is 3. The van der Waals surface area contributed by atoms with Gasteiger partial charge in [-0.1, -0.05) is 39.3 Å². The van der Waals surface area contributed by atoms with Crippen LogP contribution in [-0.4, -0.2) is 14.6 Å². The van der Waals surface area contributed by atoms with Gasteiger partial charge in [-0.15, -0.1) is 5.10 Å². The van der Waals surface area contributed by atoms with Gasteiger partial charge in [0, 0.05) is 5.69 Å². The third kappa shape index (κ3) is 2.96. The molecule has 0 aliphatic heterocycles. The third-order valence-corrected chi connectivity index (χ3v) is 3.20. The summed E-state index contributed by atoms with van der Waals surface area (Å²) in [5.74, 6) is 0.543. The van der Waals surface area contributed by atoms with Gasteiger partial charge in [-0.05, 0) is 36.4 Å². The van der Waals surface area contributed by atoms with Gasteiger partial charge in [0.05, 0.1) is 11.2 Å². The molecule has 0 bridgehead atoms. The van der Waals surface area contributed by atoms with E-state index >= 15 is 0 Å². The molecule has 0 saturated heterocycles. The Morgan fingerprint density at radius 2 is 1.89 bits per heavy atom. The number of hydrogen-bond donors (Lipinski definition) is 0. The molecule has 2 aromatic heterocycles. The monoisotopic (exact) mass is 287 g/mol. The molecule has 0 radical (unpaired) electrons. The van der Waals surface area contributed by atoms with Crippen molar-refractivity contribution in [3.63, 3.8) is 0 Å². The molecule has 0 atom stereocenters. The van der Waals surface area contributed by atoms with Gasteiger partial charge < -0.3 is 0 Å². The van der Waals surface area contributed by atoms with Crippen LogP contribution < -0.4 is 0 Å². The van der Waals surface area contributed by atoms with E-state index in [1.165, 1.54) is 0 Å². The minimum Gasteiger partial charge on any atom is -0.231 e. The molecular weight excluding hydrogens is 269 g/mol. The lowest BCUT2D eigenvalue weighted by Crippen LogP contribution is -2.03. The highest BCUT2D eigenvalue weighted by Gasteiger charge is 2.16. The van der Waals surface area contributed by atoms with Gasteiger partial charge in [0.1, 0.15) is 5.52 Å². The van der Waals surface area contributed by atoms with Crippen molar-refractivity contribution in [1.82, 2.24) is 14.6 Å². The molecule has 18 heavy (non-hydrogen) atoms. The highest BCUT2D eigenvalue weighted by Crippen LogP contribution is 2.28. The third-order valence-electron chi connectivity index (χ3n) is 2.55. The van der Waals surface area contributed by atoms with E-state index < -0.39 is 0 Å². The van der Waals surface area contributed by atoms with Crippen molar-refractivity contribution >= 4 is 28.7 Å². The zero-order valence-corrected chi connectivity index (χ0v) is 13.0. The van der Waals surface area contributed by atoms with Gasteiger partial charge in [0.25, 0.3) is 0 Å². The Balaban J connectivity index is 0.000000771. The summed E-state index contributed by atoms with van der Waals surface area (Å²) in [5.41, 5.74) is 2.99. The van der Waals surface area contributed by atoms with Gasteiger partial charge in [0.15, 0.2) is 0 Å². The number of aromatic nitrogens is 3. The maximum absolute atomic E-state index is 6.24. The summed E-state index contributed by atoms with van der Waals surface area (Å²) in [6, 6.07) is 0. The minimum atomic E-state index is 0.240. The summed E-state index contributed by atoms with van der Waals surface area (Å²) in [5, 5.41) is 5.15. The van der Waals surface area contributed by atoms with E-state index in [1.54, 1.807) is 10.7 Å². The highest BCUT2D eigenvalue weighted by atomic mass is 35.5. The molecule has 0 aromatic carbocycles. The molecule has 0 aliphatic carbocycles. The van der Waals surface area contributed by atoms with Gasteiger partial charge in [-0.25, -0.2) is 9.50 Å². The molecular formula is C13H19Cl2N3. The molecule has 2 aromatic rings. The van der Waals surface area contributed by atoms with Crippen molar-refractivity contribution in [3.05, 3.63) is 27.8 Å². The SMILES string of the molecule is CC.Cc1c(Cl)c2cnc(Cl)nn2c1CC(C)C. The molecule has 0 N–H and O–H groups in total. The maximum atomic E-state index is 6.24. The van der Waals surface area contributed by atoms with Crippen LogP contribution in [0.5, 0.6) is 0 Å². The molecule has 0 amide bonds. The highest BCUT2D eigenvalue weighted by molar-refractivity contribution is 6.35. The molecule has 2 heterocycles. The normalized spacial score (nSPS) is 10.7. The molecule has 3 nitrogen and oxygen atoms in total. The Kier molecular flexibility index (Phi) is 5.42. The lowest BCUT2D eigenvalue weighted by atomic mass is 10.1.